The highest BCUT2D eigenvalue weighted by Crippen LogP contribution is 2.20. The second-order valence-electron chi connectivity index (χ2n) is 3.29. The smallest absolute Gasteiger partial charge is 0.212 e. The lowest BCUT2D eigenvalue weighted by molar-refractivity contribution is 0.387. The summed E-state index contributed by atoms with van der Waals surface area (Å²) >= 11 is 0. The number of rotatable bonds is 2. The second kappa shape index (κ2) is 3.48. The molecular formula is C8H12N2O2S. The van der Waals surface area contributed by atoms with E-state index in [-0.39, 0.29) is 5.25 Å². The summed E-state index contributed by atoms with van der Waals surface area (Å²) in [5.41, 5.74) is 0.881. The van der Waals surface area contributed by atoms with Crippen molar-refractivity contribution >= 4 is 10.0 Å². The molecule has 0 bridgehead atoms. The van der Waals surface area contributed by atoms with Gasteiger partial charge in [-0.1, -0.05) is 0 Å². The molecule has 0 aromatic rings. The molecular weight excluding hydrogens is 188 g/mol. The summed E-state index contributed by atoms with van der Waals surface area (Å²) in [6.45, 7) is 4.07. The van der Waals surface area contributed by atoms with Gasteiger partial charge in [-0.15, -0.1) is 0 Å². The maximum absolute atomic E-state index is 11.5. The molecule has 1 fully saturated rings. The topological polar surface area (TPSA) is 61.2 Å². The fourth-order valence-electron chi connectivity index (χ4n) is 1.07. The molecule has 0 aromatic carbocycles. The molecule has 0 atom stereocenters. The van der Waals surface area contributed by atoms with Gasteiger partial charge in [-0.25, -0.2) is 8.42 Å². The molecule has 72 valence electrons. The molecule has 1 saturated heterocycles. The molecule has 0 unspecified atom stereocenters. The maximum atomic E-state index is 11.5. The van der Waals surface area contributed by atoms with Crippen molar-refractivity contribution in [3.05, 3.63) is 11.6 Å². The van der Waals surface area contributed by atoms with Gasteiger partial charge < -0.3 is 0 Å². The van der Waals surface area contributed by atoms with Gasteiger partial charge in [0.25, 0.3) is 0 Å². The molecule has 1 rings (SSSR count). The predicted molar refractivity (Wildman–Crippen MR) is 49.3 cm³/mol. The highest BCUT2D eigenvalue weighted by Gasteiger charge is 2.33. The molecule has 0 spiro atoms. The van der Waals surface area contributed by atoms with Crippen molar-refractivity contribution in [2.24, 2.45) is 0 Å². The van der Waals surface area contributed by atoms with Crippen LogP contribution in [0.4, 0.5) is 0 Å². The summed E-state index contributed by atoms with van der Waals surface area (Å²) < 4.78 is 24.3. The molecule has 1 aliphatic heterocycles. The zero-order chi connectivity index (χ0) is 10.1. The van der Waals surface area contributed by atoms with Crippen molar-refractivity contribution in [2.45, 2.75) is 19.1 Å². The second-order valence-corrected chi connectivity index (χ2v) is 5.78. The molecule has 0 N–H and O–H groups in total. The predicted octanol–water partition coefficient (Wildman–Crippen LogP) is 0.490. The van der Waals surface area contributed by atoms with Gasteiger partial charge in [0.1, 0.15) is 0 Å². The number of nitriles is 1. The summed E-state index contributed by atoms with van der Waals surface area (Å²) in [5, 5.41) is 7.93. The van der Waals surface area contributed by atoms with Crippen LogP contribution in [0.25, 0.3) is 0 Å². The van der Waals surface area contributed by atoms with Crippen LogP contribution in [0.2, 0.25) is 0 Å². The van der Waals surface area contributed by atoms with E-state index in [9.17, 15) is 8.42 Å². The minimum Gasteiger partial charge on any atom is -0.212 e. The van der Waals surface area contributed by atoms with E-state index < -0.39 is 10.0 Å². The molecule has 13 heavy (non-hydrogen) atoms. The maximum Gasteiger partial charge on any atom is 0.217 e. The minimum absolute atomic E-state index is 0.379. The van der Waals surface area contributed by atoms with Crippen LogP contribution in [0.1, 0.15) is 13.8 Å². The van der Waals surface area contributed by atoms with E-state index in [1.54, 1.807) is 13.8 Å². The Morgan fingerprint density at radius 2 is 2.08 bits per heavy atom. The normalized spacial score (nSPS) is 18.2. The van der Waals surface area contributed by atoms with E-state index in [4.69, 9.17) is 5.26 Å². The number of hydrogen-bond acceptors (Lipinski definition) is 3. The lowest BCUT2D eigenvalue weighted by Crippen LogP contribution is -2.47. The van der Waals surface area contributed by atoms with Crippen LogP contribution in [0.15, 0.2) is 11.6 Å². The van der Waals surface area contributed by atoms with E-state index >= 15 is 0 Å². The van der Waals surface area contributed by atoms with Crippen molar-refractivity contribution in [1.29, 1.82) is 5.26 Å². The standard InChI is InChI=1S/C8H12N2O2S/c1-7(2)13(11,12)10-5-8(6-10)3-4-9/h3,7H,5-6H2,1-2H3. The largest absolute Gasteiger partial charge is 0.217 e. The molecule has 5 heteroatoms. The minimum atomic E-state index is -3.11. The van der Waals surface area contributed by atoms with E-state index in [2.05, 4.69) is 0 Å². The van der Waals surface area contributed by atoms with E-state index in [1.807, 2.05) is 6.07 Å². The molecule has 1 aliphatic rings. The molecule has 0 aromatic heterocycles. The summed E-state index contributed by atoms with van der Waals surface area (Å²) in [6.07, 6.45) is 1.41. The van der Waals surface area contributed by atoms with Gasteiger partial charge in [0.05, 0.1) is 11.3 Å². The van der Waals surface area contributed by atoms with Crippen molar-refractivity contribution in [3.63, 3.8) is 0 Å². The Bertz CT molecular complexity index is 354. The van der Waals surface area contributed by atoms with Crippen LogP contribution >= 0.6 is 0 Å². The summed E-state index contributed by atoms with van der Waals surface area (Å²) in [7, 11) is -3.11. The van der Waals surface area contributed by atoms with Crippen LogP contribution in [0, 0.1) is 11.3 Å². The van der Waals surface area contributed by atoms with Crippen LogP contribution in [-0.4, -0.2) is 31.1 Å². The lowest BCUT2D eigenvalue weighted by Gasteiger charge is -2.33. The first-order chi connectivity index (χ1) is 5.98. The van der Waals surface area contributed by atoms with Gasteiger partial charge in [-0.3, -0.25) is 0 Å². The number of nitrogens with zero attached hydrogens (tertiary/aromatic N) is 2. The fraction of sp³-hybridized carbons (Fsp3) is 0.625. The van der Waals surface area contributed by atoms with Crippen molar-refractivity contribution in [2.75, 3.05) is 13.1 Å². The number of sulfonamides is 1. The Balaban J connectivity index is 2.64. The average Bonchev–Trinajstić information content (AvgIpc) is 1.95. The number of hydrogen-bond donors (Lipinski definition) is 0. The van der Waals surface area contributed by atoms with Crippen molar-refractivity contribution in [1.82, 2.24) is 4.31 Å². The quantitative estimate of drug-likeness (QED) is 0.609. The van der Waals surface area contributed by atoms with Gasteiger partial charge in [0.2, 0.25) is 10.0 Å². The zero-order valence-corrected chi connectivity index (χ0v) is 8.50. The van der Waals surface area contributed by atoms with Crippen molar-refractivity contribution < 1.29 is 8.42 Å². The molecule has 4 nitrogen and oxygen atoms in total. The Hall–Kier alpha value is -0.860. The Kier molecular flexibility index (Phi) is 2.74. The third-order valence-electron chi connectivity index (χ3n) is 1.98. The Morgan fingerprint density at radius 3 is 2.46 bits per heavy atom. The van der Waals surface area contributed by atoms with Gasteiger partial charge in [-0.2, -0.15) is 9.57 Å². The van der Waals surface area contributed by atoms with E-state index in [1.165, 1.54) is 10.4 Å². The first-order valence-corrected chi connectivity index (χ1v) is 5.55. The van der Waals surface area contributed by atoms with Gasteiger partial charge in [-0.05, 0) is 19.4 Å². The monoisotopic (exact) mass is 200 g/mol. The van der Waals surface area contributed by atoms with Gasteiger partial charge in [0.15, 0.2) is 0 Å². The SMILES string of the molecule is CC(C)S(=O)(=O)N1CC(=CC#N)C1. The lowest BCUT2D eigenvalue weighted by atomic mass is 10.1. The Labute approximate surface area is 78.5 Å². The van der Waals surface area contributed by atoms with Crippen molar-refractivity contribution in [3.8, 4) is 6.07 Å². The number of allylic oxidation sites excluding steroid dienone is 1. The summed E-state index contributed by atoms with van der Waals surface area (Å²) in [5.74, 6) is 0. The first-order valence-electron chi connectivity index (χ1n) is 4.05. The van der Waals surface area contributed by atoms with Gasteiger partial charge in [0, 0.05) is 19.2 Å². The third kappa shape index (κ3) is 1.90. The summed E-state index contributed by atoms with van der Waals surface area (Å²) in [4.78, 5) is 0. The molecule has 0 radical (unpaired) electrons. The first kappa shape index (κ1) is 10.2. The average molecular weight is 200 g/mol. The van der Waals surface area contributed by atoms with E-state index in [0.717, 1.165) is 5.57 Å². The molecule has 1 heterocycles. The molecule has 0 saturated carbocycles. The molecule has 0 amide bonds. The zero-order valence-electron chi connectivity index (χ0n) is 7.69. The Morgan fingerprint density at radius 1 is 1.54 bits per heavy atom. The fourth-order valence-corrected chi connectivity index (χ4v) is 2.36. The third-order valence-corrected chi connectivity index (χ3v) is 4.15. The molecule has 0 aliphatic carbocycles. The summed E-state index contributed by atoms with van der Waals surface area (Å²) in [6, 6.07) is 1.89. The van der Waals surface area contributed by atoms with Crippen LogP contribution in [0.3, 0.4) is 0 Å². The van der Waals surface area contributed by atoms with E-state index in [0.29, 0.717) is 13.1 Å². The van der Waals surface area contributed by atoms with Crippen LogP contribution in [-0.2, 0) is 10.0 Å². The highest BCUT2D eigenvalue weighted by atomic mass is 32.2. The van der Waals surface area contributed by atoms with Crippen LogP contribution in [0.5, 0.6) is 0 Å². The highest BCUT2D eigenvalue weighted by molar-refractivity contribution is 7.89. The van der Waals surface area contributed by atoms with Crippen LogP contribution < -0.4 is 0 Å². The van der Waals surface area contributed by atoms with Gasteiger partial charge >= 0.3 is 0 Å².